The minimum atomic E-state index is 0.0416. The van der Waals surface area contributed by atoms with Crippen molar-refractivity contribution in [3.05, 3.63) is 52.5 Å². The second-order valence-electron chi connectivity index (χ2n) is 3.15. The average molecular weight is 239 g/mol. The summed E-state index contributed by atoms with van der Waals surface area (Å²) in [6.07, 6.45) is 0. The van der Waals surface area contributed by atoms with E-state index in [1.807, 2.05) is 30.3 Å². The molecule has 3 heteroatoms. The third-order valence-electron chi connectivity index (χ3n) is 2.12. The number of aromatic hydroxyl groups is 1. The normalized spacial score (nSPS) is 10.3. The highest BCUT2D eigenvalue weighted by molar-refractivity contribution is 6.37. The number of rotatable bonds is 1. The van der Waals surface area contributed by atoms with Gasteiger partial charge in [-0.2, -0.15) is 0 Å². The lowest BCUT2D eigenvalue weighted by molar-refractivity contribution is 0.476. The summed E-state index contributed by atoms with van der Waals surface area (Å²) in [6, 6.07) is 12.7. The summed E-state index contributed by atoms with van der Waals surface area (Å²) in [7, 11) is 0. The van der Waals surface area contributed by atoms with Crippen LogP contribution in [0.5, 0.6) is 5.75 Å². The monoisotopic (exact) mass is 238 g/mol. The van der Waals surface area contributed by atoms with Crippen molar-refractivity contribution in [1.82, 2.24) is 0 Å². The zero-order valence-electron chi connectivity index (χ0n) is 7.74. The van der Waals surface area contributed by atoms with E-state index in [1.165, 1.54) is 0 Å². The summed E-state index contributed by atoms with van der Waals surface area (Å²) >= 11 is 11.8. The van der Waals surface area contributed by atoms with Gasteiger partial charge in [0.1, 0.15) is 5.75 Å². The lowest BCUT2D eigenvalue weighted by atomic mass is 10.1. The van der Waals surface area contributed by atoms with Crippen LogP contribution >= 0.6 is 23.2 Å². The Morgan fingerprint density at radius 2 is 1.53 bits per heavy atom. The molecule has 0 heterocycles. The number of phenols is 1. The molecule has 0 unspecified atom stereocenters. The highest BCUT2D eigenvalue weighted by atomic mass is 35.5. The Hall–Kier alpha value is -1.18. The molecule has 76 valence electrons. The lowest BCUT2D eigenvalue weighted by Crippen LogP contribution is -1.80. The third kappa shape index (κ3) is 2.09. The van der Waals surface area contributed by atoms with Crippen LogP contribution in [-0.2, 0) is 0 Å². The van der Waals surface area contributed by atoms with Crippen molar-refractivity contribution >= 4 is 23.2 Å². The second kappa shape index (κ2) is 4.13. The van der Waals surface area contributed by atoms with E-state index in [1.54, 1.807) is 12.1 Å². The van der Waals surface area contributed by atoms with E-state index in [9.17, 15) is 5.11 Å². The smallest absolute Gasteiger partial charge is 0.134 e. The molecule has 15 heavy (non-hydrogen) atoms. The van der Waals surface area contributed by atoms with Crippen LogP contribution in [0, 0.1) is 0 Å². The first-order valence-electron chi connectivity index (χ1n) is 4.42. The fraction of sp³-hybridized carbons (Fsp3) is 0. The Morgan fingerprint density at radius 3 is 2.20 bits per heavy atom. The van der Waals surface area contributed by atoms with Crippen LogP contribution in [-0.4, -0.2) is 5.11 Å². The zero-order chi connectivity index (χ0) is 10.8. The third-order valence-corrected chi connectivity index (χ3v) is 2.74. The van der Waals surface area contributed by atoms with Gasteiger partial charge in [-0.1, -0.05) is 53.5 Å². The van der Waals surface area contributed by atoms with Gasteiger partial charge >= 0.3 is 0 Å². The first kappa shape index (κ1) is 10.3. The molecule has 2 aromatic carbocycles. The van der Waals surface area contributed by atoms with E-state index in [0.29, 0.717) is 5.02 Å². The van der Waals surface area contributed by atoms with E-state index < -0.39 is 0 Å². The van der Waals surface area contributed by atoms with Crippen molar-refractivity contribution in [1.29, 1.82) is 0 Å². The summed E-state index contributed by atoms with van der Waals surface area (Å²) in [5.41, 5.74) is 1.73. The maximum absolute atomic E-state index is 9.50. The molecule has 1 nitrogen and oxygen atoms in total. The Bertz CT molecular complexity index is 480. The van der Waals surface area contributed by atoms with Gasteiger partial charge < -0.3 is 5.11 Å². The van der Waals surface area contributed by atoms with Crippen LogP contribution in [0.25, 0.3) is 11.1 Å². The largest absolute Gasteiger partial charge is 0.506 e. The van der Waals surface area contributed by atoms with Crippen molar-refractivity contribution < 1.29 is 5.11 Å². The molecule has 0 aliphatic rings. The molecule has 0 aliphatic heterocycles. The Morgan fingerprint density at radius 1 is 0.867 bits per heavy atom. The maximum atomic E-state index is 9.50. The number of benzene rings is 2. The molecule has 2 rings (SSSR count). The fourth-order valence-corrected chi connectivity index (χ4v) is 1.87. The molecule has 0 aromatic heterocycles. The molecule has 0 spiro atoms. The fourth-order valence-electron chi connectivity index (χ4n) is 1.38. The Balaban J connectivity index is 2.59. The SMILES string of the molecule is Oc1cc(-c2ccccc2)c(Cl)cc1Cl. The molecular weight excluding hydrogens is 231 g/mol. The quantitative estimate of drug-likeness (QED) is 0.783. The van der Waals surface area contributed by atoms with E-state index in [0.717, 1.165) is 11.1 Å². The summed E-state index contributed by atoms with van der Waals surface area (Å²) < 4.78 is 0. The average Bonchev–Trinajstić information content (AvgIpc) is 2.25. The summed E-state index contributed by atoms with van der Waals surface area (Å²) in [5, 5.41) is 10.3. The first-order valence-corrected chi connectivity index (χ1v) is 5.17. The predicted molar refractivity (Wildman–Crippen MR) is 63.6 cm³/mol. The van der Waals surface area contributed by atoms with Crippen molar-refractivity contribution in [2.75, 3.05) is 0 Å². The molecule has 1 N–H and O–H groups in total. The minimum Gasteiger partial charge on any atom is -0.506 e. The van der Waals surface area contributed by atoms with Crippen molar-refractivity contribution in [2.45, 2.75) is 0 Å². The van der Waals surface area contributed by atoms with Gasteiger partial charge in [-0.3, -0.25) is 0 Å². The topological polar surface area (TPSA) is 20.2 Å². The maximum Gasteiger partial charge on any atom is 0.134 e. The predicted octanol–water partition coefficient (Wildman–Crippen LogP) is 4.37. The molecule has 2 aromatic rings. The Kier molecular flexibility index (Phi) is 2.85. The van der Waals surface area contributed by atoms with Gasteiger partial charge in [-0.05, 0) is 17.7 Å². The van der Waals surface area contributed by atoms with Crippen LogP contribution in [0.3, 0.4) is 0 Å². The van der Waals surface area contributed by atoms with Gasteiger partial charge in [0, 0.05) is 5.56 Å². The van der Waals surface area contributed by atoms with E-state index in [4.69, 9.17) is 23.2 Å². The van der Waals surface area contributed by atoms with Crippen LogP contribution in [0.2, 0.25) is 10.0 Å². The summed E-state index contributed by atoms with van der Waals surface area (Å²) in [4.78, 5) is 0. The first-order chi connectivity index (χ1) is 7.18. The number of hydrogen-bond donors (Lipinski definition) is 1. The zero-order valence-corrected chi connectivity index (χ0v) is 9.26. The summed E-state index contributed by atoms with van der Waals surface area (Å²) in [6.45, 7) is 0. The molecule has 0 saturated carbocycles. The number of halogens is 2. The molecule has 0 bridgehead atoms. The summed E-state index contributed by atoms with van der Waals surface area (Å²) in [5.74, 6) is 0.0416. The lowest BCUT2D eigenvalue weighted by Gasteiger charge is -2.06. The minimum absolute atomic E-state index is 0.0416. The molecular formula is C12H8Cl2O. The van der Waals surface area contributed by atoms with E-state index in [2.05, 4.69) is 0 Å². The highest BCUT2D eigenvalue weighted by Gasteiger charge is 2.07. The molecule has 0 radical (unpaired) electrons. The van der Waals surface area contributed by atoms with Crippen molar-refractivity contribution in [2.24, 2.45) is 0 Å². The van der Waals surface area contributed by atoms with Crippen LogP contribution < -0.4 is 0 Å². The molecule has 0 saturated heterocycles. The molecule has 0 atom stereocenters. The molecule has 0 fully saturated rings. The van der Waals surface area contributed by atoms with E-state index >= 15 is 0 Å². The van der Waals surface area contributed by atoms with Gasteiger partial charge in [0.15, 0.2) is 0 Å². The van der Waals surface area contributed by atoms with E-state index in [-0.39, 0.29) is 10.8 Å². The highest BCUT2D eigenvalue weighted by Crippen LogP contribution is 2.35. The van der Waals surface area contributed by atoms with Gasteiger partial charge in [0.2, 0.25) is 0 Å². The second-order valence-corrected chi connectivity index (χ2v) is 3.96. The molecule has 0 aliphatic carbocycles. The van der Waals surface area contributed by atoms with Gasteiger partial charge in [-0.15, -0.1) is 0 Å². The Labute approximate surface area is 97.9 Å². The standard InChI is InChI=1S/C12H8Cl2O/c13-10-7-11(14)12(15)6-9(10)8-4-2-1-3-5-8/h1-7,15H. The van der Waals surface area contributed by atoms with Gasteiger partial charge in [-0.25, -0.2) is 0 Å². The van der Waals surface area contributed by atoms with Crippen molar-refractivity contribution in [3.8, 4) is 16.9 Å². The van der Waals surface area contributed by atoms with Crippen LogP contribution in [0.15, 0.2) is 42.5 Å². The van der Waals surface area contributed by atoms with Crippen molar-refractivity contribution in [3.63, 3.8) is 0 Å². The van der Waals surface area contributed by atoms with Crippen LogP contribution in [0.4, 0.5) is 0 Å². The number of phenolic OH excluding ortho intramolecular Hbond substituents is 1. The van der Waals surface area contributed by atoms with Gasteiger partial charge in [0.25, 0.3) is 0 Å². The van der Waals surface area contributed by atoms with Crippen LogP contribution in [0.1, 0.15) is 0 Å². The number of hydrogen-bond acceptors (Lipinski definition) is 1. The molecule has 0 amide bonds. The van der Waals surface area contributed by atoms with Gasteiger partial charge in [0.05, 0.1) is 10.0 Å².